The van der Waals surface area contributed by atoms with Crippen LogP contribution in [0.1, 0.15) is 118 Å². The summed E-state index contributed by atoms with van der Waals surface area (Å²) >= 11 is 0. The summed E-state index contributed by atoms with van der Waals surface area (Å²) in [5.41, 5.74) is 0.488. The molecule has 57 heavy (non-hydrogen) atoms. The van der Waals surface area contributed by atoms with Crippen molar-refractivity contribution in [3.05, 3.63) is 89.0 Å². The number of hydrogen-bond acceptors (Lipinski definition) is 13. The average molecular weight is 797 g/mol. The van der Waals surface area contributed by atoms with Crippen LogP contribution in [0.15, 0.2) is 44.0 Å². The van der Waals surface area contributed by atoms with Crippen LogP contribution in [0.5, 0.6) is 0 Å². The first kappa shape index (κ1) is 42.1. The molecular weight excluding hydrogens is 740 g/mol. The number of aliphatic hydroxyl groups excluding tert-OH is 1. The highest BCUT2D eigenvalue weighted by Crippen LogP contribution is 2.29. The molecule has 2 aliphatic heterocycles. The smallest absolute Gasteiger partial charge is 0.330 e. The highest BCUT2D eigenvalue weighted by Gasteiger charge is 2.36. The third-order valence-corrected chi connectivity index (χ3v) is 10.5. The second kappa shape index (κ2) is 20.7. The lowest BCUT2D eigenvalue weighted by atomic mass is 10.1. The number of nitrogens with one attached hydrogen (secondary N) is 2. The summed E-state index contributed by atoms with van der Waals surface area (Å²) in [5, 5.41) is 27.3. The molecule has 0 aromatic carbocycles. The zero-order valence-electron chi connectivity index (χ0n) is 32.9. The van der Waals surface area contributed by atoms with Crippen molar-refractivity contribution in [2.75, 3.05) is 13.2 Å². The molecule has 4 aromatic heterocycles. The molecule has 0 amide bonds. The number of H-pyrrole nitrogens is 2. The van der Waals surface area contributed by atoms with Gasteiger partial charge >= 0.3 is 11.4 Å². The van der Waals surface area contributed by atoms with Gasteiger partial charge < -0.3 is 24.1 Å². The van der Waals surface area contributed by atoms with E-state index >= 15 is 0 Å². The number of aromatic nitrogens is 10. The molecule has 4 aromatic rings. The fourth-order valence-electron chi connectivity index (χ4n) is 7.23. The predicted molar refractivity (Wildman–Crippen MR) is 205 cm³/mol. The molecule has 19 heteroatoms. The zero-order valence-corrected chi connectivity index (χ0v) is 32.9. The second-order valence-corrected chi connectivity index (χ2v) is 15.2. The van der Waals surface area contributed by atoms with Crippen LogP contribution in [0.2, 0.25) is 0 Å². The van der Waals surface area contributed by atoms with E-state index in [2.05, 4.69) is 30.6 Å². The number of aromatic amines is 2. The molecule has 3 N–H and O–H groups in total. The number of nitrogens with zero attached hydrogens (tertiary/aromatic N) is 8. The standard InChI is InChI=1S/C38H56N10O9/c1-26-18-47(37(52)39-35(26)50)33-14-13-30(56-33)22-45-20-28(41-43-45)24-54-15-11-9-7-5-3-4-6-8-10-12-16-55-25-29-21-46(44-42-29)23-32-31(49)17-34(57-32)48-19-27(2)36(51)40-38(48)53/h18-21,30-34,49H,3-17,22-25H2,1-2H3,(H,39,50,52)(H,40,51,53)/t30-,31?,32+,33+,34+/m0/s1. The van der Waals surface area contributed by atoms with Gasteiger partial charge in [0.1, 0.15) is 29.9 Å². The van der Waals surface area contributed by atoms with Gasteiger partial charge in [-0.3, -0.25) is 28.7 Å². The minimum Gasteiger partial charge on any atom is -0.390 e. The Labute approximate surface area is 329 Å². The molecule has 2 fully saturated rings. The van der Waals surface area contributed by atoms with Gasteiger partial charge in [0, 0.05) is 43.2 Å². The van der Waals surface area contributed by atoms with Crippen LogP contribution in [0.4, 0.5) is 0 Å². The molecule has 6 rings (SSSR count). The molecule has 1 unspecified atom stereocenters. The third kappa shape index (κ3) is 12.2. The molecule has 0 bridgehead atoms. The van der Waals surface area contributed by atoms with Crippen molar-refractivity contribution in [1.29, 1.82) is 0 Å². The van der Waals surface area contributed by atoms with Gasteiger partial charge in [-0.1, -0.05) is 61.8 Å². The number of ether oxygens (including phenoxy) is 4. The normalized spacial score (nSPS) is 20.9. The minimum atomic E-state index is -0.795. The molecule has 19 nitrogen and oxygen atoms in total. The van der Waals surface area contributed by atoms with Crippen LogP contribution >= 0.6 is 0 Å². The van der Waals surface area contributed by atoms with Gasteiger partial charge in [-0.15, -0.1) is 10.2 Å². The van der Waals surface area contributed by atoms with Crippen LogP contribution in [-0.4, -0.2) is 85.7 Å². The van der Waals surface area contributed by atoms with E-state index in [1.165, 1.54) is 53.9 Å². The SMILES string of the molecule is Cc1cn([C@H]2CC[C@@H](Cn3cc(COCCCCCCCCCCCCOCc4cn(C[C@H]5O[C@@H](n6cc(C)c(=O)[nH]c6=O)CC5O)nn4)nn3)O2)c(=O)[nH]c1=O. The number of aryl methyl sites for hydroxylation is 2. The maximum Gasteiger partial charge on any atom is 0.330 e. The molecule has 0 aliphatic carbocycles. The molecule has 2 aliphatic rings. The topological polar surface area (TPSA) is 228 Å². The lowest BCUT2D eigenvalue weighted by Gasteiger charge is -2.16. The lowest BCUT2D eigenvalue weighted by Crippen LogP contribution is -2.33. The average Bonchev–Trinajstić information content (AvgIpc) is 4.01. The van der Waals surface area contributed by atoms with E-state index in [-0.39, 0.29) is 24.6 Å². The summed E-state index contributed by atoms with van der Waals surface area (Å²) in [5.74, 6) is 0. The summed E-state index contributed by atoms with van der Waals surface area (Å²) in [4.78, 5) is 52.4. The second-order valence-electron chi connectivity index (χ2n) is 15.2. The molecular formula is C38H56N10O9. The van der Waals surface area contributed by atoms with Crippen molar-refractivity contribution in [3.8, 4) is 0 Å². The van der Waals surface area contributed by atoms with Crippen molar-refractivity contribution < 1.29 is 24.1 Å². The van der Waals surface area contributed by atoms with Crippen LogP contribution in [0.25, 0.3) is 0 Å². The fourth-order valence-corrected chi connectivity index (χ4v) is 7.23. The summed E-state index contributed by atoms with van der Waals surface area (Å²) in [6.45, 7) is 6.22. The Kier molecular flexibility index (Phi) is 15.3. The van der Waals surface area contributed by atoms with Gasteiger partial charge in [0.05, 0.1) is 50.9 Å². The minimum absolute atomic E-state index is 0.102. The largest absolute Gasteiger partial charge is 0.390 e. The first-order valence-electron chi connectivity index (χ1n) is 20.2. The molecule has 2 saturated heterocycles. The van der Waals surface area contributed by atoms with Gasteiger partial charge in [0.15, 0.2) is 0 Å². The van der Waals surface area contributed by atoms with E-state index in [4.69, 9.17) is 18.9 Å². The van der Waals surface area contributed by atoms with Crippen LogP contribution in [0.3, 0.4) is 0 Å². The number of rotatable bonds is 23. The lowest BCUT2D eigenvalue weighted by molar-refractivity contribution is -0.0302. The Hall–Kier alpha value is -4.56. The monoisotopic (exact) mass is 796 g/mol. The predicted octanol–water partition coefficient (Wildman–Crippen LogP) is 2.55. The number of hydrogen-bond donors (Lipinski definition) is 3. The maximum absolute atomic E-state index is 12.2. The molecule has 0 spiro atoms. The van der Waals surface area contributed by atoms with Crippen molar-refractivity contribution in [2.24, 2.45) is 0 Å². The number of aliphatic hydroxyl groups is 1. The number of unbranched alkanes of at least 4 members (excludes halogenated alkanes) is 9. The zero-order chi connectivity index (χ0) is 40.1. The molecule has 0 radical (unpaired) electrons. The van der Waals surface area contributed by atoms with Crippen molar-refractivity contribution in [1.82, 2.24) is 49.1 Å². The van der Waals surface area contributed by atoms with Gasteiger partial charge in [0.25, 0.3) is 11.1 Å². The van der Waals surface area contributed by atoms with E-state index in [9.17, 15) is 24.3 Å². The van der Waals surface area contributed by atoms with E-state index in [0.717, 1.165) is 37.8 Å². The fraction of sp³-hybridized carbons (Fsp3) is 0.684. The van der Waals surface area contributed by atoms with Gasteiger partial charge in [-0.05, 0) is 39.5 Å². The summed E-state index contributed by atoms with van der Waals surface area (Å²) in [6, 6.07) is 0. The Bertz CT molecular complexity index is 2100. The quantitative estimate of drug-likeness (QED) is 0.0919. The summed E-state index contributed by atoms with van der Waals surface area (Å²) in [6.07, 6.45) is 17.4. The molecule has 5 atom stereocenters. The Morgan fingerprint density at radius 1 is 0.667 bits per heavy atom. The van der Waals surface area contributed by atoms with Gasteiger partial charge in [-0.2, -0.15) is 0 Å². The van der Waals surface area contributed by atoms with Crippen molar-refractivity contribution in [3.63, 3.8) is 0 Å². The first-order valence-corrected chi connectivity index (χ1v) is 20.2. The highest BCUT2D eigenvalue weighted by molar-refractivity contribution is 5.03. The van der Waals surface area contributed by atoms with Crippen LogP contribution < -0.4 is 22.5 Å². The van der Waals surface area contributed by atoms with Gasteiger partial charge in [-0.25, -0.2) is 19.0 Å². The van der Waals surface area contributed by atoms with Gasteiger partial charge in [0.2, 0.25) is 0 Å². The van der Waals surface area contributed by atoms with Crippen LogP contribution in [-0.2, 0) is 45.3 Å². The van der Waals surface area contributed by atoms with E-state index < -0.39 is 41.6 Å². The molecule has 0 saturated carbocycles. The van der Waals surface area contributed by atoms with E-state index in [0.29, 0.717) is 56.2 Å². The Morgan fingerprint density at radius 2 is 1.16 bits per heavy atom. The maximum atomic E-state index is 12.2. The summed E-state index contributed by atoms with van der Waals surface area (Å²) in [7, 11) is 0. The van der Waals surface area contributed by atoms with E-state index in [1.807, 2.05) is 6.20 Å². The summed E-state index contributed by atoms with van der Waals surface area (Å²) < 4.78 is 29.7. The van der Waals surface area contributed by atoms with E-state index in [1.54, 1.807) is 35.6 Å². The Morgan fingerprint density at radius 3 is 1.70 bits per heavy atom. The highest BCUT2D eigenvalue weighted by atomic mass is 16.5. The third-order valence-electron chi connectivity index (χ3n) is 10.5. The van der Waals surface area contributed by atoms with Crippen molar-refractivity contribution in [2.45, 2.75) is 154 Å². The Balaban J connectivity index is 0.722. The first-order chi connectivity index (χ1) is 27.6. The van der Waals surface area contributed by atoms with Crippen LogP contribution in [0, 0.1) is 13.8 Å². The van der Waals surface area contributed by atoms with Crippen molar-refractivity contribution >= 4 is 0 Å². The molecule has 312 valence electrons. The molecule has 6 heterocycles.